The van der Waals surface area contributed by atoms with Crippen LogP contribution in [0.3, 0.4) is 0 Å². The topological polar surface area (TPSA) is 82.2 Å². The highest BCUT2D eigenvalue weighted by molar-refractivity contribution is 5.73. The lowest BCUT2D eigenvalue weighted by Crippen LogP contribution is -2.19. The van der Waals surface area contributed by atoms with Gasteiger partial charge in [0.2, 0.25) is 5.91 Å². The van der Waals surface area contributed by atoms with E-state index < -0.39 is 0 Å². The van der Waals surface area contributed by atoms with E-state index in [1.165, 1.54) is 13.0 Å². The number of pyridine rings is 1. The Balaban J connectivity index is 2.88. The van der Waals surface area contributed by atoms with Gasteiger partial charge in [0.15, 0.2) is 0 Å². The van der Waals surface area contributed by atoms with E-state index in [2.05, 4.69) is 10.3 Å². The Hall–Kier alpha value is -2.30. The molecule has 1 amide bonds. The summed E-state index contributed by atoms with van der Waals surface area (Å²) >= 11 is 0. The monoisotopic (exact) mass is 276 g/mol. The van der Waals surface area contributed by atoms with E-state index in [-0.39, 0.29) is 17.2 Å². The molecule has 0 saturated carbocycles. The molecule has 5 heteroatoms. The Morgan fingerprint density at radius 1 is 1.50 bits per heavy atom. The van der Waals surface area contributed by atoms with E-state index in [0.29, 0.717) is 29.8 Å². The summed E-state index contributed by atoms with van der Waals surface area (Å²) < 4.78 is 0. The molecule has 0 aromatic carbocycles. The number of aliphatic hydroxyl groups excluding tert-OH is 1. The highest BCUT2D eigenvalue weighted by Gasteiger charge is 2.07. The number of aryl methyl sites for hydroxylation is 2. The SMILES string of the molecule is CCc1cc(/C(O)=C/C=C/CNC(C)=O)c(C)[nH]c1=O. The summed E-state index contributed by atoms with van der Waals surface area (Å²) in [5.41, 5.74) is 1.73. The number of aromatic nitrogens is 1. The van der Waals surface area contributed by atoms with Crippen molar-refractivity contribution >= 4 is 11.7 Å². The fourth-order valence-electron chi connectivity index (χ4n) is 1.71. The van der Waals surface area contributed by atoms with Gasteiger partial charge < -0.3 is 15.4 Å². The molecular weight excluding hydrogens is 256 g/mol. The van der Waals surface area contributed by atoms with Gasteiger partial charge in [-0.1, -0.05) is 19.1 Å². The molecule has 1 aromatic rings. The second-order valence-corrected chi connectivity index (χ2v) is 4.43. The van der Waals surface area contributed by atoms with Crippen molar-refractivity contribution in [1.82, 2.24) is 10.3 Å². The quantitative estimate of drug-likeness (QED) is 0.567. The molecule has 0 atom stereocenters. The molecule has 0 radical (unpaired) electrons. The standard InChI is InChI=1S/C15H20N2O3/c1-4-12-9-13(10(2)17-15(12)20)14(19)7-5-6-8-16-11(3)18/h5-7,9,19H,4,8H2,1-3H3,(H,16,18)(H,17,20)/b6-5+,14-7-. The molecule has 0 bridgehead atoms. The van der Waals surface area contributed by atoms with Crippen LogP contribution in [-0.2, 0) is 11.2 Å². The van der Waals surface area contributed by atoms with E-state index in [1.54, 1.807) is 25.1 Å². The highest BCUT2D eigenvalue weighted by atomic mass is 16.3. The van der Waals surface area contributed by atoms with Gasteiger partial charge in [-0.3, -0.25) is 9.59 Å². The number of H-pyrrole nitrogens is 1. The molecule has 20 heavy (non-hydrogen) atoms. The summed E-state index contributed by atoms with van der Waals surface area (Å²) in [5, 5.41) is 12.6. The molecule has 1 aromatic heterocycles. The zero-order chi connectivity index (χ0) is 15.1. The number of rotatable bonds is 5. The predicted octanol–water partition coefficient (Wildman–Crippen LogP) is 1.84. The van der Waals surface area contributed by atoms with Crippen molar-refractivity contribution in [1.29, 1.82) is 0 Å². The van der Waals surface area contributed by atoms with Gasteiger partial charge in [0, 0.05) is 30.3 Å². The van der Waals surface area contributed by atoms with Gasteiger partial charge >= 0.3 is 0 Å². The van der Waals surface area contributed by atoms with Gasteiger partial charge in [-0.2, -0.15) is 0 Å². The number of hydrogen-bond donors (Lipinski definition) is 3. The van der Waals surface area contributed by atoms with Crippen molar-refractivity contribution in [2.45, 2.75) is 27.2 Å². The average molecular weight is 276 g/mol. The van der Waals surface area contributed by atoms with Gasteiger partial charge in [0.25, 0.3) is 5.56 Å². The molecule has 0 fully saturated rings. The maximum absolute atomic E-state index is 11.6. The fourth-order valence-corrected chi connectivity index (χ4v) is 1.71. The summed E-state index contributed by atoms with van der Waals surface area (Å²) in [4.78, 5) is 25.0. The minimum absolute atomic E-state index is 0.0764. The summed E-state index contributed by atoms with van der Waals surface area (Å²) in [6, 6.07) is 1.70. The van der Waals surface area contributed by atoms with Crippen LogP contribution in [-0.4, -0.2) is 22.5 Å². The Morgan fingerprint density at radius 3 is 2.80 bits per heavy atom. The smallest absolute Gasteiger partial charge is 0.251 e. The molecule has 0 aliphatic heterocycles. The number of aromatic amines is 1. The molecule has 0 saturated heterocycles. The second kappa shape index (κ2) is 7.33. The number of allylic oxidation sites excluding steroid dienone is 2. The van der Waals surface area contributed by atoms with Crippen LogP contribution in [0.2, 0.25) is 0 Å². The number of nitrogens with one attached hydrogen (secondary N) is 2. The van der Waals surface area contributed by atoms with Crippen molar-refractivity contribution in [3.8, 4) is 0 Å². The zero-order valence-corrected chi connectivity index (χ0v) is 12.0. The third-order valence-electron chi connectivity index (χ3n) is 2.83. The minimum Gasteiger partial charge on any atom is -0.507 e. The van der Waals surface area contributed by atoms with Gasteiger partial charge in [0.05, 0.1) is 0 Å². The third kappa shape index (κ3) is 4.42. The molecule has 1 heterocycles. The van der Waals surface area contributed by atoms with Crippen LogP contribution in [0.4, 0.5) is 0 Å². The molecule has 0 aliphatic rings. The summed E-state index contributed by atoms with van der Waals surface area (Å²) in [6.07, 6.45) is 5.51. The van der Waals surface area contributed by atoms with Crippen molar-refractivity contribution in [3.05, 3.63) is 51.5 Å². The lowest BCUT2D eigenvalue weighted by molar-refractivity contribution is -0.118. The lowest BCUT2D eigenvalue weighted by atomic mass is 10.1. The first-order valence-corrected chi connectivity index (χ1v) is 6.49. The van der Waals surface area contributed by atoms with Crippen molar-refractivity contribution in [3.63, 3.8) is 0 Å². The lowest BCUT2D eigenvalue weighted by Gasteiger charge is -2.06. The zero-order valence-electron chi connectivity index (χ0n) is 12.0. The number of hydrogen-bond acceptors (Lipinski definition) is 3. The number of carbonyl (C=O) groups is 1. The number of amides is 1. The largest absolute Gasteiger partial charge is 0.507 e. The second-order valence-electron chi connectivity index (χ2n) is 4.43. The van der Waals surface area contributed by atoms with E-state index in [0.717, 1.165) is 0 Å². The minimum atomic E-state index is -0.122. The van der Waals surface area contributed by atoms with E-state index in [9.17, 15) is 14.7 Å². The van der Waals surface area contributed by atoms with Crippen molar-refractivity contribution in [2.75, 3.05) is 6.54 Å². The van der Waals surface area contributed by atoms with E-state index >= 15 is 0 Å². The highest BCUT2D eigenvalue weighted by Crippen LogP contribution is 2.14. The van der Waals surface area contributed by atoms with Gasteiger partial charge in [0.1, 0.15) is 5.76 Å². The molecule has 5 nitrogen and oxygen atoms in total. The van der Waals surface area contributed by atoms with Crippen LogP contribution < -0.4 is 10.9 Å². The van der Waals surface area contributed by atoms with Crippen LogP contribution in [0.5, 0.6) is 0 Å². The first-order chi connectivity index (χ1) is 9.45. The summed E-state index contributed by atoms with van der Waals surface area (Å²) in [6.45, 7) is 5.47. The molecular formula is C15H20N2O3. The molecule has 3 N–H and O–H groups in total. The fraction of sp³-hybridized carbons (Fsp3) is 0.333. The predicted molar refractivity (Wildman–Crippen MR) is 79.6 cm³/mol. The van der Waals surface area contributed by atoms with Gasteiger partial charge in [-0.25, -0.2) is 0 Å². The van der Waals surface area contributed by atoms with Crippen LogP contribution in [0.15, 0.2) is 29.1 Å². The first-order valence-electron chi connectivity index (χ1n) is 6.49. The van der Waals surface area contributed by atoms with Crippen LogP contribution in [0.1, 0.15) is 30.7 Å². The summed E-state index contributed by atoms with van der Waals surface area (Å²) in [7, 11) is 0. The molecule has 0 aliphatic carbocycles. The Morgan fingerprint density at radius 2 is 2.20 bits per heavy atom. The number of carbonyl (C=O) groups excluding carboxylic acids is 1. The van der Waals surface area contributed by atoms with Crippen LogP contribution in [0.25, 0.3) is 5.76 Å². The van der Waals surface area contributed by atoms with E-state index in [4.69, 9.17) is 0 Å². The Labute approximate surface area is 118 Å². The first kappa shape index (κ1) is 15.8. The van der Waals surface area contributed by atoms with Crippen LogP contribution in [0, 0.1) is 6.92 Å². The van der Waals surface area contributed by atoms with Crippen LogP contribution >= 0.6 is 0 Å². The van der Waals surface area contributed by atoms with Gasteiger partial charge in [-0.05, 0) is 25.5 Å². The van der Waals surface area contributed by atoms with Crippen molar-refractivity contribution < 1.29 is 9.90 Å². The molecule has 0 unspecified atom stereocenters. The average Bonchev–Trinajstić information content (AvgIpc) is 2.38. The van der Waals surface area contributed by atoms with Gasteiger partial charge in [-0.15, -0.1) is 0 Å². The Bertz CT molecular complexity index is 598. The summed E-state index contributed by atoms with van der Waals surface area (Å²) in [5.74, 6) is -0.0283. The maximum Gasteiger partial charge on any atom is 0.251 e. The normalized spacial score (nSPS) is 11.8. The van der Waals surface area contributed by atoms with Crippen molar-refractivity contribution in [2.24, 2.45) is 0 Å². The molecule has 1 rings (SSSR count). The third-order valence-corrected chi connectivity index (χ3v) is 2.83. The van der Waals surface area contributed by atoms with E-state index in [1.807, 2.05) is 6.92 Å². The molecule has 0 spiro atoms. The maximum atomic E-state index is 11.6. The molecule has 108 valence electrons. The Kier molecular flexibility index (Phi) is 5.77. The number of aliphatic hydroxyl groups is 1.